The van der Waals surface area contributed by atoms with Crippen LogP contribution in [0.15, 0.2) is 12.3 Å². The molecule has 0 aliphatic heterocycles. The molecule has 1 saturated carbocycles. The van der Waals surface area contributed by atoms with Gasteiger partial charge in [0.2, 0.25) is 0 Å². The summed E-state index contributed by atoms with van der Waals surface area (Å²) >= 11 is 0. The van der Waals surface area contributed by atoms with Crippen molar-refractivity contribution in [2.45, 2.75) is 33.1 Å². The molecular formula is C13H21N3. The molecule has 0 bridgehead atoms. The number of aromatic nitrogens is 1. The minimum Gasteiger partial charge on any atom is -0.397 e. The molecule has 0 radical (unpaired) electrons. The number of aryl methyl sites for hydroxylation is 1. The Kier molecular flexibility index (Phi) is 3.32. The van der Waals surface area contributed by atoms with Gasteiger partial charge < -0.3 is 11.1 Å². The van der Waals surface area contributed by atoms with Crippen LogP contribution in [0.5, 0.6) is 0 Å². The number of anilines is 2. The van der Waals surface area contributed by atoms with Crippen molar-refractivity contribution < 1.29 is 0 Å². The van der Waals surface area contributed by atoms with E-state index in [4.69, 9.17) is 5.73 Å². The first kappa shape index (κ1) is 11.2. The van der Waals surface area contributed by atoms with Crippen molar-refractivity contribution in [3.63, 3.8) is 0 Å². The van der Waals surface area contributed by atoms with Gasteiger partial charge in [-0.2, -0.15) is 0 Å². The highest BCUT2D eigenvalue weighted by Gasteiger charge is 2.20. The Bertz CT molecular complexity index is 362. The number of pyridine rings is 1. The molecule has 0 spiro atoms. The van der Waals surface area contributed by atoms with Crippen molar-refractivity contribution in [2.24, 2.45) is 11.8 Å². The molecule has 0 saturated heterocycles. The molecule has 3 N–H and O–H groups in total. The molecule has 88 valence electrons. The molecule has 1 aliphatic rings. The van der Waals surface area contributed by atoms with Crippen LogP contribution in [0.25, 0.3) is 0 Å². The number of nitrogens with one attached hydrogen (secondary N) is 1. The van der Waals surface area contributed by atoms with E-state index in [0.717, 1.165) is 35.4 Å². The molecule has 2 atom stereocenters. The van der Waals surface area contributed by atoms with E-state index in [9.17, 15) is 0 Å². The lowest BCUT2D eigenvalue weighted by Gasteiger charge is -2.13. The largest absolute Gasteiger partial charge is 0.397 e. The van der Waals surface area contributed by atoms with Gasteiger partial charge in [0.05, 0.1) is 11.9 Å². The Morgan fingerprint density at radius 1 is 1.50 bits per heavy atom. The lowest BCUT2D eigenvalue weighted by atomic mass is 10.1. The zero-order valence-electron chi connectivity index (χ0n) is 10.2. The topological polar surface area (TPSA) is 50.9 Å². The van der Waals surface area contributed by atoms with E-state index >= 15 is 0 Å². The third-order valence-corrected chi connectivity index (χ3v) is 3.46. The molecule has 2 unspecified atom stereocenters. The summed E-state index contributed by atoms with van der Waals surface area (Å²) in [5.41, 5.74) is 7.54. The van der Waals surface area contributed by atoms with Crippen LogP contribution in [0.2, 0.25) is 0 Å². The predicted molar refractivity (Wildman–Crippen MR) is 68.4 cm³/mol. The second-order valence-electron chi connectivity index (χ2n) is 5.10. The van der Waals surface area contributed by atoms with Crippen LogP contribution >= 0.6 is 0 Å². The fourth-order valence-electron chi connectivity index (χ4n) is 2.53. The summed E-state index contributed by atoms with van der Waals surface area (Å²) in [6, 6.07) is 1.96. The van der Waals surface area contributed by atoms with E-state index in [1.165, 1.54) is 19.3 Å². The van der Waals surface area contributed by atoms with E-state index in [1.54, 1.807) is 6.20 Å². The Labute approximate surface area is 97.5 Å². The maximum absolute atomic E-state index is 5.67. The van der Waals surface area contributed by atoms with Gasteiger partial charge >= 0.3 is 0 Å². The lowest BCUT2D eigenvalue weighted by Crippen LogP contribution is -2.13. The minimum absolute atomic E-state index is 0.734. The molecule has 0 amide bonds. The van der Waals surface area contributed by atoms with Gasteiger partial charge in [-0.05, 0) is 43.2 Å². The number of nitrogen functional groups attached to an aromatic ring is 1. The standard InChI is InChI=1S/C13H21N3/c1-9-3-4-11(5-9)7-15-13-10(2)6-12(14)8-16-13/h6,8-9,11H,3-5,7,14H2,1-2H3,(H,15,16). The van der Waals surface area contributed by atoms with Gasteiger partial charge in [-0.1, -0.05) is 13.3 Å². The minimum atomic E-state index is 0.734. The van der Waals surface area contributed by atoms with E-state index in [-0.39, 0.29) is 0 Å². The van der Waals surface area contributed by atoms with Crippen molar-refractivity contribution in [1.29, 1.82) is 0 Å². The molecule has 1 aromatic rings. The molecule has 1 fully saturated rings. The molecule has 16 heavy (non-hydrogen) atoms. The third-order valence-electron chi connectivity index (χ3n) is 3.46. The maximum atomic E-state index is 5.67. The fraction of sp³-hybridized carbons (Fsp3) is 0.615. The van der Waals surface area contributed by atoms with Crippen LogP contribution in [0.1, 0.15) is 31.7 Å². The van der Waals surface area contributed by atoms with Gasteiger partial charge in [0, 0.05) is 6.54 Å². The number of hydrogen-bond donors (Lipinski definition) is 2. The SMILES string of the molecule is Cc1cc(N)cnc1NCC1CCC(C)C1. The molecule has 2 rings (SSSR count). The first-order valence-electron chi connectivity index (χ1n) is 6.11. The van der Waals surface area contributed by atoms with Crippen molar-refractivity contribution in [3.8, 4) is 0 Å². The third kappa shape index (κ3) is 2.65. The van der Waals surface area contributed by atoms with Gasteiger partial charge in [-0.15, -0.1) is 0 Å². The van der Waals surface area contributed by atoms with E-state index < -0.39 is 0 Å². The van der Waals surface area contributed by atoms with E-state index in [1.807, 2.05) is 13.0 Å². The average molecular weight is 219 g/mol. The molecule has 0 aromatic carbocycles. The van der Waals surface area contributed by atoms with Crippen LogP contribution in [0.3, 0.4) is 0 Å². The maximum Gasteiger partial charge on any atom is 0.129 e. The van der Waals surface area contributed by atoms with Crippen LogP contribution in [-0.4, -0.2) is 11.5 Å². The molecule has 1 aliphatic carbocycles. The average Bonchev–Trinajstić information content (AvgIpc) is 2.63. The molecule has 1 aromatic heterocycles. The molecular weight excluding hydrogens is 198 g/mol. The Balaban J connectivity index is 1.89. The van der Waals surface area contributed by atoms with Gasteiger partial charge in [-0.3, -0.25) is 0 Å². The number of rotatable bonds is 3. The van der Waals surface area contributed by atoms with Crippen molar-refractivity contribution in [2.75, 3.05) is 17.6 Å². The molecule has 3 heteroatoms. The number of nitrogens with zero attached hydrogens (tertiary/aromatic N) is 1. The molecule has 1 heterocycles. The van der Waals surface area contributed by atoms with Crippen LogP contribution in [0.4, 0.5) is 11.5 Å². The fourth-order valence-corrected chi connectivity index (χ4v) is 2.53. The predicted octanol–water partition coefficient (Wildman–Crippen LogP) is 2.82. The summed E-state index contributed by atoms with van der Waals surface area (Å²) in [6.07, 6.45) is 5.79. The summed E-state index contributed by atoms with van der Waals surface area (Å²) in [4.78, 5) is 4.32. The second-order valence-corrected chi connectivity index (χ2v) is 5.10. The molecule has 3 nitrogen and oxygen atoms in total. The van der Waals surface area contributed by atoms with Crippen LogP contribution in [-0.2, 0) is 0 Å². The number of nitrogens with two attached hydrogens (primary N) is 1. The van der Waals surface area contributed by atoms with E-state index in [0.29, 0.717) is 0 Å². The van der Waals surface area contributed by atoms with E-state index in [2.05, 4.69) is 17.2 Å². The highest BCUT2D eigenvalue weighted by atomic mass is 15.0. The Morgan fingerprint density at radius 2 is 2.31 bits per heavy atom. The highest BCUT2D eigenvalue weighted by Crippen LogP contribution is 2.30. The quantitative estimate of drug-likeness (QED) is 0.822. The monoisotopic (exact) mass is 219 g/mol. The summed E-state index contributed by atoms with van der Waals surface area (Å²) in [7, 11) is 0. The number of hydrogen-bond acceptors (Lipinski definition) is 3. The van der Waals surface area contributed by atoms with Gasteiger partial charge in [0.1, 0.15) is 5.82 Å². The van der Waals surface area contributed by atoms with Crippen LogP contribution < -0.4 is 11.1 Å². The Hall–Kier alpha value is -1.25. The van der Waals surface area contributed by atoms with Gasteiger partial charge in [-0.25, -0.2) is 4.98 Å². The van der Waals surface area contributed by atoms with Crippen molar-refractivity contribution in [1.82, 2.24) is 4.98 Å². The van der Waals surface area contributed by atoms with Crippen molar-refractivity contribution in [3.05, 3.63) is 17.8 Å². The first-order chi connectivity index (χ1) is 7.65. The summed E-state index contributed by atoms with van der Waals surface area (Å²) in [6.45, 7) is 5.43. The second kappa shape index (κ2) is 4.73. The van der Waals surface area contributed by atoms with Gasteiger partial charge in [0.15, 0.2) is 0 Å². The summed E-state index contributed by atoms with van der Waals surface area (Å²) in [5.74, 6) is 2.69. The summed E-state index contributed by atoms with van der Waals surface area (Å²) < 4.78 is 0. The zero-order valence-corrected chi connectivity index (χ0v) is 10.2. The zero-order chi connectivity index (χ0) is 11.5. The smallest absolute Gasteiger partial charge is 0.129 e. The Morgan fingerprint density at radius 3 is 2.94 bits per heavy atom. The highest BCUT2D eigenvalue weighted by molar-refractivity contribution is 5.50. The first-order valence-corrected chi connectivity index (χ1v) is 6.11. The normalized spacial score (nSPS) is 24.6. The lowest BCUT2D eigenvalue weighted by molar-refractivity contribution is 0.536. The van der Waals surface area contributed by atoms with Crippen molar-refractivity contribution >= 4 is 11.5 Å². The van der Waals surface area contributed by atoms with Gasteiger partial charge in [0.25, 0.3) is 0 Å². The summed E-state index contributed by atoms with van der Waals surface area (Å²) in [5, 5.41) is 3.44. The van der Waals surface area contributed by atoms with Crippen LogP contribution in [0, 0.1) is 18.8 Å².